The van der Waals surface area contributed by atoms with Crippen molar-refractivity contribution in [3.05, 3.63) is 56.4 Å². The van der Waals surface area contributed by atoms with Gasteiger partial charge in [-0.05, 0) is 43.0 Å². The second kappa shape index (κ2) is 8.52. The number of aromatic nitrogens is 3. The summed E-state index contributed by atoms with van der Waals surface area (Å²) in [4.78, 5) is 29.0. The summed E-state index contributed by atoms with van der Waals surface area (Å²) in [6, 6.07) is 6.96. The second-order valence-electron chi connectivity index (χ2n) is 7.07. The Hall–Kier alpha value is -2.74. The summed E-state index contributed by atoms with van der Waals surface area (Å²) < 4.78 is 11.9. The van der Waals surface area contributed by atoms with Crippen LogP contribution in [0.3, 0.4) is 0 Å². The number of carbonyl (C=O) groups is 1. The molecule has 0 spiro atoms. The van der Waals surface area contributed by atoms with Gasteiger partial charge in [0.1, 0.15) is 17.4 Å². The average Bonchev–Trinajstić information content (AvgIpc) is 3.03. The summed E-state index contributed by atoms with van der Waals surface area (Å²) in [6.07, 6.45) is 0.785. The molecule has 0 saturated carbocycles. The zero-order valence-corrected chi connectivity index (χ0v) is 17.2. The number of hydrogen-bond donors (Lipinski definition) is 0. The molecule has 8 heteroatoms. The van der Waals surface area contributed by atoms with Crippen molar-refractivity contribution < 1.29 is 14.3 Å². The maximum atomic E-state index is 12.2. The number of hydrogen-bond acceptors (Lipinski definition) is 7. The third kappa shape index (κ3) is 4.95. The Bertz CT molecular complexity index is 1060. The molecular formula is C20H23N3O4S. The van der Waals surface area contributed by atoms with Crippen molar-refractivity contribution in [1.82, 2.24) is 14.6 Å². The Morgan fingerprint density at radius 3 is 2.71 bits per heavy atom. The van der Waals surface area contributed by atoms with Crippen LogP contribution in [-0.2, 0) is 22.6 Å². The van der Waals surface area contributed by atoms with Crippen LogP contribution >= 0.6 is 11.3 Å². The Kier molecular flexibility index (Phi) is 6.08. The normalized spacial score (nSPS) is 11.2. The minimum absolute atomic E-state index is 0.0850. The summed E-state index contributed by atoms with van der Waals surface area (Å²) in [6.45, 7) is 7.88. The third-order valence-electron chi connectivity index (χ3n) is 4.14. The lowest BCUT2D eigenvalue weighted by molar-refractivity contribution is -0.147. The van der Waals surface area contributed by atoms with E-state index >= 15 is 0 Å². The monoisotopic (exact) mass is 401 g/mol. The molecule has 148 valence electrons. The van der Waals surface area contributed by atoms with Gasteiger partial charge in [0.25, 0.3) is 5.56 Å². The van der Waals surface area contributed by atoms with Crippen molar-refractivity contribution >= 4 is 22.3 Å². The van der Waals surface area contributed by atoms with Gasteiger partial charge >= 0.3 is 5.97 Å². The van der Waals surface area contributed by atoms with Crippen LogP contribution < -0.4 is 10.3 Å². The van der Waals surface area contributed by atoms with Crippen LogP contribution in [0.4, 0.5) is 0 Å². The van der Waals surface area contributed by atoms with Crippen LogP contribution in [-0.4, -0.2) is 27.2 Å². The van der Waals surface area contributed by atoms with Gasteiger partial charge in [0.2, 0.25) is 4.96 Å². The number of ether oxygens (including phenoxy) is 2. The van der Waals surface area contributed by atoms with Crippen molar-refractivity contribution in [1.29, 1.82) is 0 Å². The first kappa shape index (κ1) is 20.0. The van der Waals surface area contributed by atoms with Crippen LogP contribution in [0.5, 0.6) is 5.75 Å². The summed E-state index contributed by atoms with van der Waals surface area (Å²) in [5.74, 6) is 0.527. The number of carbonyl (C=O) groups excluding carboxylic acids is 1. The molecule has 2 heterocycles. The highest BCUT2D eigenvalue weighted by molar-refractivity contribution is 7.16. The topological polar surface area (TPSA) is 82.8 Å². The van der Waals surface area contributed by atoms with Gasteiger partial charge in [-0.25, -0.2) is 9.78 Å². The van der Waals surface area contributed by atoms with E-state index in [1.54, 1.807) is 0 Å². The van der Waals surface area contributed by atoms with Gasteiger partial charge in [-0.15, -0.1) is 0 Å². The summed E-state index contributed by atoms with van der Waals surface area (Å²) in [5.41, 5.74) is 2.35. The molecule has 0 bridgehead atoms. The van der Waals surface area contributed by atoms with E-state index in [-0.39, 0.29) is 18.8 Å². The minimum atomic E-state index is -0.523. The quantitative estimate of drug-likeness (QED) is 0.566. The van der Waals surface area contributed by atoms with E-state index in [0.29, 0.717) is 22.3 Å². The first-order chi connectivity index (χ1) is 13.3. The molecule has 0 unspecified atom stereocenters. The van der Waals surface area contributed by atoms with Gasteiger partial charge in [0, 0.05) is 12.5 Å². The predicted octanol–water partition coefficient (Wildman–Crippen LogP) is 3.09. The molecule has 0 radical (unpaired) electrons. The van der Waals surface area contributed by atoms with Crippen molar-refractivity contribution in [3.63, 3.8) is 0 Å². The first-order valence-corrected chi connectivity index (χ1v) is 9.88. The molecule has 0 N–H and O–H groups in total. The van der Waals surface area contributed by atoms with E-state index in [1.165, 1.54) is 21.9 Å². The SMILES string of the molecule is Cc1ccc(OCC(=O)OCc2cc(=O)n3nc(CC(C)C)sc3n2)cc1C. The number of fused-ring (bicyclic) bond motifs is 1. The standard InChI is InChI=1S/C20H23N3O4S/c1-12(2)7-17-22-23-18(24)9-15(21-20(23)28-17)10-27-19(25)11-26-16-6-5-13(3)14(4)8-16/h5-6,8-9,12H,7,10-11H2,1-4H3. The number of benzene rings is 1. The number of rotatable bonds is 7. The smallest absolute Gasteiger partial charge is 0.344 e. The molecule has 3 rings (SSSR count). The van der Waals surface area contributed by atoms with Crippen molar-refractivity contribution in [2.24, 2.45) is 5.92 Å². The fraction of sp³-hybridized carbons (Fsp3) is 0.400. The van der Waals surface area contributed by atoms with E-state index in [2.05, 4.69) is 23.9 Å². The molecule has 0 aliphatic rings. The van der Waals surface area contributed by atoms with Crippen molar-refractivity contribution in [3.8, 4) is 5.75 Å². The molecule has 0 aliphatic heterocycles. The molecule has 0 saturated heterocycles. The molecule has 2 aromatic heterocycles. The van der Waals surface area contributed by atoms with E-state index in [1.807, 2.05) is 32.0 Å². The van der Waals surface area contributed by atoms with Crippen LogP contribution in [0.25, 0.3) is 4.96 Å². The van der Waals surface area contributed by atoms with E-state index in [4.69, 9.17) is 9.47 Å². The molecule has 3 aromatic rings. The lowest BCUT2D eigenvalue weighted by Crippen LogP contribution is -2.18. The van der Waals surface area contributed by atoms with Gasteiger partial charge in [-0.3, -0.25) is 4.79 Å². The minimum Gasteiger partial charge on any atom is -0.482 e. The van der Waals surface area contributed by atoms with Crippen LogP contribution in [0.1, 0.15) is 35.7 Å². The highest BCUT2D eigenvalue weighted by Crippen LogP contribution is 2.17. The molecule has 0 aliphatic carbocycles. The number of nitrogens with zero attached hydrogens (tertiary/aromatic N) is 3. The van der Waals surface area contributed by atoms with Crippen molar-refractivity contribution in [2.45, 2.75) is 40.7 Å². The van der Waals surface area contributed by atoms with E-state index in [0.717, 1.165) is 22.6 Å². The van der Waals surface area contributed by atoms with Gasteiger partial charge < -0.3 is 9.47 Å². The Morgan fingerprint density at radius 1 is 1.21 bits per heavy atom. The van der Waals surface area contributed by atoms with Crippen LogP contribution in [0.15, 0.2) is 29.1 Å². The Labute approximate surface area is 166 Å². The van der Waals surface area contributed by atoms with Crippen LogP contribution in [0, 0.1) is 19.8 Å². The summed E-state index contributed by atoms with van der Waals surface area (Å²) in [5, 5.41) is 5.15. The molecule has 1 aromatic carbocycles. The largest absolute Gasteiger partial charge is 0.482 e. The molecule has 0 fully saturated rings. The number of aryl methyl sites for hydroxylation is 2. The average molecular weight is 401 g/mol. The Morgan fingerprint density at radius 2 is 2.00 bits per heavy atom. The molecular weight excluding hydrogens is 378 g/mol. The Balaban J connectivity index is 1.60. The van der Waals surface area contributed by atoms with E-state index in [9.17, 15) is 9.59 Å². The molecule has 0 atom stereocenters. The maximum absolute atomic E-state index is 12.2. The van der Waals surface area contributed by atoms with Gasteiger partial charge in [-0.2, -0.15) is 9.61 Å². The third-order valence-corrected chi connectivity index (χ3v) is 5.07. The second-order valence-corrected chi connectivity index (χ2v) is 8.11. The van der Waals surface area contributed by atoms with Crippen molar-refractivity contribution in [2.75, 3.05) is 6.61 Å². The van der Waals surface area contributed by atoms with E-state index < -0.39 is 5.97 Å². The highest BCUT2D eigenvalue weighted by Gasteiger charge is 2.12. The van der Waals surface area contributed by atoms with Gasteiger partial charge in [0.15, 0.2) is 6.61 Å². The van der Waals surface area contributed by atoms with Gasteiger partial charge in [0.05, 0.1) is 5.69 Å². The lowest BCUT2D eigenvalue weighted by Gasteiger charge is -2.08. The maximum Gasteiger partial charge on any atom is 0.344 e. The number of esters is 1. The summed E-state index contributed by atoms with van der Waals surface area (Å²) >= 11 is 1.37. The fourth-order valence-corrected chi connectivity index (χ4v) is 3.67. The molecule has 28 heavy (non-hydrogen) atoms. The van der Waals surface area contributed by atoms with Crippen LogP contribution in [0.2, 0.25) is 0 Å². The molecule has 7 nitrogen and oxygen atoms in total. The van der Waals surface area contributed by atoms with Gasteiger partial charge in [-0.1, -0.05) is 31.3 Å². The summed E-state index contributed by atoms with van der Waals surface area (Å²) in [7, 11) is 0. The molecule has 0 amide bonds. The lowest BCUT2D eigenvalue weighted by atomic mass is 10.1. The fourth-order valence-electron chi connectivity index (χ4n) is 2.54. The zero-order chi connectivity index (χ0) is 20.3. The highest BCUT2D eigenvalue weighted by atomic mass is 32.1. The first-order valence-electron chi connectivity index (χ1n) is 9.06. The zero-order valence-electron chi connectivity index (χ0n) is 16.4. The predicted molar refractivity (Wildman–Crippen MR) is 107 cm³/mol.